The number of aryl methyl sites for hydroxylation is 1. The topological polar surface area (TPSA) is 9.23 Å². The highest BCUT2D eigenvalue weighted by Crippen LogP contribution is 2.38. The molecule has 26 heavy (non-hydrogen) atoms. The Morgan fingerprint density at radius 2 is 1.62 bits per heavy atom. The molecule has 0 atom stereocenters. The first-order chi connectivity index (χ1) is 12.3. The molecule has 0 aliphatic heterocycles. The summed E-state index contributed by atoms with van der Waals surface area (Å²) in [5.74, 6) is -1.14. The van der Waals surface area contributed by atoms with Crippen LogP contribution in [0.5, 0.6) is 5.75 Å². The fourth-order valence-electron chi connectivity index (χ4n) is 3.45. The molecule has 0 bridgehead atoms. The van der Waals surface area contributed by atoms with Crippen molar-refractivity contribution in [1.82, 2.24) is 0 Å². The molecule has 0 heterocycles. The van der Waals surface area contributed by atoms with E-state index in [-0.39, 0.29) is 11.7 Å². The van der Waals surface area contributed by atoms with Gasteiger partial charge in [-0.25, -0.2) is 8.78 Å². The van der Waals surface area contributed by atoms with E-state index in [9.17, 15) is 17.6 Å². The summed E-state index contributed by atoms with van der Waals surface area (Å²) >= 11 is 0. The summed E-state index contributed by atoms with van der Waals surface area (Å²) in [6, 6.07) is 7.26. The van der Waals surface area contributed by atoms with Crippen LogP contribution in [0.2, 0.25) is 0 Å². The maximum absolute atomic E-state index is 14.4. The summed E-state index contributed by atoms with van der Waals surface area (Å²) in [5, 5.41) is 0. The molecule has 0 amide bonds. The zero-order valence-corrected chi connectivity index (χ0v) is 14.9. The van der Waals surface area contributed by atoms with E-state index < -0.39 is 23.3 Å². The highest BCUT2D eigenvalue weighted by Gasteiger charge is 2.38. The fourth-order valence-corrected chi connectivity index (χ4v) is 3.45. The van der Waals surface area contributed by atoms with Gasteiger partial charge in [0.05, 0.1) is 5.56 Å². The molecule has 1 nitrogen and oxygen atoms in total. The van der Waals surface area contributed by atoms with Crippen LogP contribution in [-0.2, 0) is 6.11 Å². The Labute approximate surface area is 151 Å². The number of rotatable bonds is 4. The molecule has 1 fully saturated rings. The van der Waals surface area contributed by atoms with Gasteiger partial charge in [0.15, 0.2) is 0 Å². The average molecular weight is 366 g/mol. The van der Waals surface area contributed by atoms with Crippen LogP contribution in [-0.4, -0.2) is 0 Å². The van der Waals surface area contributed by atoms with Gasteiger partial charge in [0.2, 0.25) is 0 Å². The quantitative estimate of drug-likeness (QED) is 0.547. The van der Waals surface area contributed by atoms with Crippen molar-refractivity contribution >= 4 is 0 Å². The maximum atomic E-state index is 14.4. The molecular formula is C21H22F4O. The summed E-state index contributed by atoms with van der Waals surface area (Å²) in [7, 11) is 0. The van der Waals surface area contributed by atoms with Gasteiger partial charge in [-0.15, -0.1) is 0 Å². The summed E-state index contributed by atoms with van der Waals surface area (Å²) < 4.78 is 61.3. The summed E-state index contributed by atoms with van der Waals surface area (Å²) in [4.78, 5) is 0. The van der Waals surface area contributed by atoms with Crippen molar-refractivity contribution in [2.75, 3.05) is 0 Å². The molecule has 1 aliphatic rings. The SMILES string of the molecule is Cc1ccc(OC(F)(F)c2ccc(C3CCC(C)CC3)cc2F)cc1F. The lowest BCUT2D eigenvalue weighted by molar-refractivity contribution is -0.187. The van der Waals surface area contributed by atoms with E-state index in [1.807, 2.05) is 0 Å². The smallest absolute Gasteiger partial charge is 0.429 e. The Bertz CT molecular complexity index is 780. The molecule has 0 N–H and O–H groups in total. The first-order valence-electron chi connectivity index (χ1n) is 8.89. The molecule has 1 aliphatic carbocycles. The van der Waals surface area contributed by atoms with Crippen molar-refractivity contribution in [3.63, 3.8) is 0 Å². The molecule has 0 spiro atoms. The van der Waals surface area contributed by atoms with Crippen molar-refractivity contribution in [3.05, 3.63) is 64.7 Å². The van der Waals surface area contributed by atoms with Gasteiger partial charge in [-0.05, 0) is 60.9 Å². The van der Waals surface area contributed by atoms with Gasteiger partial charge in [0, 0.05) is 6.07 Å². The maximum Gasteiger partial charge on any atom is 0.429 e. The van der Waals surface area contributed by atoms with Crippen LogP contribution < -0.4 is 4.74 Å². The van der Waals surface area contributed by atoms with Crippen molar-refractivity contribution in [2.24, 2.45) is 5.92 Å². The molecule has 140 valence electrons. The Morgan fingerprint density at radius 1 is 0.923 bits per heavy atom. The van der Waals surface area contributed by atoms with Crippen LogP contribution in [0.4, 0.5) is 17.6 Å². The van der Waals surface area contributed by atoms with E-state index in [0.717, 1.165) is 43.4 Å². The zero-order chi connectivity index (χ0) is 18.9. The van der Waals surface area contributed by atoms with Gasteiger partial charge >= 0.3 is 6.11 Å². The van der Waals surface area contributed by atoms with Gasteiger partial charge in [-0.3, -0.25) is 0 Å². The largest absolute Gasteiger partial charge is 0.429 e. The van der Waals surface area contributed by atoms with Crippen LogP contribution in [0.3, 0.4) is 0 Å². The number of alkyl halides is 2. The lowest BCUT2D eigenvalue weighted by Gasteiger charge is -2.27. The Morgan fingerprint density at radius 3 is 2.23 bits per heavy atom. The second-order valence-electron chi connectivity index (χ2n) is 7.23. The van der Waals surface area contributed by atoms with E-state index in [4.69, 9.17) is 0 Å². The third-order valence-corrected chi connectivity index (χ3v) is 5.18. The molecule has 2 aromatic carbocycles. The van der Waals surface area contributed by atoms with Gasteiger partial charge < -0.3 is 4.74 Å². The normalized spacial score (nSPS) is 20.8. The predicted octanol–water partition coefficient (Wildman–Crippen LogP) is 6.70. The zero-order valence-electron chi connectivity index (χ0n) is 14.9. The van der Waals surface area contributed by atoms with Gasteiger partial charge in [-0.1, -0.05) is 31.9 Å². The number of halogens is 4. The first-order valence-corrected chi connectivity index (χ1v) is 8.89. The minimum atomic E-state index is -3.88. The van der Waals surface area contributed by atoms with E-state index in [1.165, 1.54) is 25.1 Å². The molecule has 0 saturated heterocycles. The van der Waals surface area contributed by atoms with E-state index in [0.29, 0.717) is 11.5 Å². The van der Waals surface area contributed by atoms with Crippen LogP contribution in [0.1, 0.15) is 55.2 Å². The van der Waals surface area contributed by atoms with Gasteiger partial charge in [0.25, 0.3) is 0 Å². The standard InChI is InChI=1S/C21H22F4O/c1-13-3-6-15(7-4-13)16-8-10-18(20(23)11-16)21(24,25)26-17-9-5-14(2)19(22)12-17/h5,8-13,15H,3-4,6-7H2,1-2H3. The van der Waals surface area contributed by atoms with Crippen molar-refractivity contribution in [2.45, 2.75) is 51.6 Å². The van der Waals surface area contributed by atoms with Crippen LogP contribution >= 0.6 is 0 Å². The highest BCUT2D eigenvalue weighted by molar-refractivity contribution is 5.32. The van der Waals surface area contributed by atoms with Crippen molar-refractivity contribution < 1.29 is 22.3 Å². The molecular weight excluding hydrogens is 344 g/mol. The molecule has 0 unspecified atom stereocenters. The monoisotopic (exact) mass is 366 g/mol. The number of benzene rings is 2. The minimum absolute atomic E-state index is 0.204. The molecule has 0 radical (unpaired) electrons. The molecule has 5 heteroatoms. The predicted molar refractivity (Wildman–Crippen MR) is 92.4 cm³/mol. The van der Waals surface area contributed by atoms with Gasteiger partial charge in [0.1, 0.15) is 17.4 Å². The summed E-state index contributed by atoms with van der Waals surface area (Å²) in [6.45, 7) is 3.70. The Hall–Kier alpha value is -2.04. The van der Waals surface area contributed by atoms with Crippen molar-refractivity contribution in [1.29, 1.82) is 0 Å². The lowest BCUT2D eigenvalue weighted by Crippen LogP contribution is -2.24. The van der Waals surface area contributed by atoms with Crippen LogP contribution in [0.25, 0.3) is 0 Å². The van der Waals surface area contributed by atoms with Crippen LogP contribution in [0.15, 0.2) is 36.4 Å². The second-order valence-corrected chi connectivity index (χ2v) is 7.23. The fraction of sp³-hybridized carbons (Fsp3) is 0.429. The van der Waals surface area contributed by atoms with E-state index >= 15 is 0 Å². The second kappa shape index (κ2) is 7.29. The molecule has 2 aromatic rings. The highest BCUT2D eigenvalue weighted by atomic mass is 19.3. The third kappa shape index (κ3) is 4.02. The Kier molecular flexibility index (Phi) is 5.26. The molecule has 1 saturated carbocycles. The minimum Gasteiger partial charge on any atom is -0.429 e. The summed E-state index contributed by atoms with van der Waals surface area (Å²) in [5.41, 5.74) is 0.222. The van der Waals surface area contributed by atoms with E-state index in [2.05, 4.69) is 11.7 Å². The van der Waals surface area contributed by atoms with Crippen molar-refractivity contribution in [3.8, 4) is 5.75 Å². The number of ether oxygens (including phenoxy) is 1. The first kappa shape index (κ1) is 18.7. The number of hydrogen-bond acceptors (Lipinski definition) is 1. The summed E-state index contributed by atoms with van der Waals surface area (Å²) in [6.07, 6.45) is 0.120. The number of hydrogen-bond donors (Lipinski definition) is 0. The Balaban J connectivity index is 1.79. The molecule has 3 rings (SSSR count). The lowest BCUT2D eigenvalue weighted by atomic mass is 9.79. The third-order valence-electron chi connectivity index (χ3n) is 5.18. The van der Waals surface area contributed by atoms with E-state index in [1.54, 1.807) is 6.07 Å². The average Bonchev–Trinajstić information content (AvgIpc) is 2.58. The van der Waals surface area contributed by atoms with Crippen LogP contribution in [0, 0.1) is 24.5 Å². The van der Waals surface area contributed by atoms with Gasteiger partial charge in [-0.2, -0.15) is 8.78 Å². The molecule has 0 aromatic heterocycles.